The Morgan fingerprint density at radius 2 is 2.33 bits per heavy atom. The molecule has 0 bridgehead atoms. The molecule has 0 saturated carbocycles. The van der Waals surface area contributed by atoms with Gasteiger partial charge in [-0.05, 0) is 12.3 Å². The van der Waals surface area contributed by atoms with Gasteiger partial charge in [0, 0.05) is 7.05 Å². The topological polar surface area (TPSA) is 41.6 Å². The highest BCUT2D eigenvalue weighted by molar-refractivity contribution is 5.26. The first-order valence-electron chi connectivity index (χ1n) is 4.05. The fourth-order valence-corrected chi connectivity index (χ4v) is 1.18. The second-order valence-electron chi connectivity index (χ2n) is 3.36. The van der Waals surface area contributed by atoms with E-state index < -0.39 is 0 Å². The summed E-state index contributed by atoms with van der Waals surface area (Å²) in [4.78, 5) is 3.99. The van der Waals surface area contributed by atoms with Crippen LogP contribution in [-0.4, -0.2) is 9.55 Å². The van der Waals surface area contributed by atoms with Crippen LogP contribution in [0.25, 0.3) is 0 Å². The van der Waals surface area contributed by atoms with E-state index in [4.69, 9.17) is 5.26 Å². The molecular formula is C9H13N3. The average Bonchev–Trinajstić information content (AvgIpc) is 2.32. The summed E-state index contributed by atoms with van der Waals surface area (Å²) in [5.41, 5.74) is 1.60. The molecule has 3 heteroatoms. The van der Waals surface area contributed by atoms with E-state index in [1.807, 2.05) is 11.6 Å². The summed E-state index contributed by atoms with van der Waals surface area (Å²) in [6.07, 6.45) is 2.61. The van der Waals surface area contributed by atoms with E-state index in [1.54, 1.807) is 6.33 Å². The number of nitriles is 1. The Bertz CT molecular complexity index is 304. The van der Waals surface area contributed by atoms with Crippen LogP contribution < -0.4 is 0 Å². The van der Waals surface area contributed by atoms with Gasteiger partial charge in [-0.25, -0.2) is 4.98 Å². The molecule has 0 aliphatic carbocycles. The van der Waals surface area contributed by atoms with Crippen molar-refractivity contribution in [3.05, 3.63) is 17.7 Å². The Morgan fingerprint density at radius 3 is 2.83 bits per heavy atom. The highest BCUT2D eigenvalue weighted by atomic mass is 15.0. The van der Waals surface area contributed by atoms with Gasteiger partial charge in [0.1, 0.15) is 6.07 Å². The molecule has 0 atom stereocenters. The van der Waals surface area contributed by atoms with Crippen LogP contribution in [0.2, 0.25) is 0 Å². The summed E-state index contributed by atoms with van der Waals surface area (Å²) in [6, 6.07) is 2.09. The summed E-state index contributed by atoms with van der Waals surface area (Å²) in [5, 5.41) is 8.72. The van der Waals surface area contributed by atoms with Crippen molar-refractivity contribution in [3.63, 3.8) is 0 Å². The van der Waals surface area contributed by atoms with Crippen molar-refractivity contribution >= 4 is 0 Å². The Kier molecular flexibility index (Phi) is 2.49. The first-order chi connectivity index (χ1) is 5.65. The molecule has 0 amide bonds. The molecular weight excluding hydrogens is 150 g/mol. The summed E-state index contributed by atoms with van der Waals surface area (Å²) >= 11 is 0. The van der Waals surface area contributed by atoms with E-state index >= 15 is 0 Å². The lowest BCUT2D eigenvalue weighted by atomic mass is 10.1. The third-order valence-electron chi connectivity index (χ3n) is 1.77. The van der Waals surface area contributed by atoms with Crippen molar-refractivity contribution < 1.29 is 0 Å². The zero-order valence-corrected chi connectivity index (χ0v) is 7.70. The third-order valence-corrected chi connectivity index (χ3v) is 1.77. The molecule has 1 aromatic rings. The number of aryl methyl sites for hydroxylation is 1. The third kappa shape index (κ3) is 1.65. The maximum Gasteiger partial charge on any atom is 0.161 e. The van der Waals surface area contributed by atoms with Gasteiger partial charge in [-0.15, -0.1) is 0 Å². The zero-order chi connectivity index (χ0) is 9.14. The predicted molar refractivity (Wildman–Crippen MR) is 46.5 cm³/mol. The fourth-order valence-electron chi connectivity index (χ4n) is 1.18. The predicted octanol–water partition coefficient (Wildman–Crippen LogP) is 1.49. The molecule has 12 heavy (non-hydrogen) atoms. The summed E-state index contributed by atoms with van der Waals surface area (Å²) in [7, 11) is 1.92. The molecule has 0 saturated heterocycles. The van der Waals surface area contributed by atoms with E-state index in [9.17, 15) is 0 Å². The number of rotatable bonds is 2. The molecule has 1 rings (SSSR count). The fraction of sp³-hybridized carbons (Fsp3) is 0.556. The van der Waals surface area contributed by atoms with Gasteiger partial charge >= 0.3 is 0 Å². The van der Waals surface area contributed by atoms with Gasteiger partial charge in [-0.2, -0.15) is 5.26 Å². The molecule has 0 unspecified atom stereocenters. The van der Waals surface area contributed by atoms with Gasteiger partial charge in [0.25, 0.3) is 0 Å². The molecule has 0 N–H and O–H groups in total. The molecule has 0 aromatic carbocycles. The largest absolute Gasteiger partial charge is 0.336 e. The van der Waals surface area contributed by atoms with Crippen LogP contribution in [-0.2, 0) is 13.5 Å². The Balaban J connectivity index is 2.96. The summed E-state index contributed by atoms with van der Waals surface area (Å²) in [5.74, 6) is 0.562. The highest BCUT2D eigenvalue weighted by Crippen LogP contribution is 2.10. The van der Waals surface area contributed by atoms with Crippen LogP contribution in [0, 0.1) is 17.2 Å². The Hall–Kier alpha value is -1.30. The van der Waals surface area contributed by atoms with Crippen molar-refractivity contribution in [2.45, 2.75) is 20.3 Å². The molecule has 3 nitrogen and oxygen atoms in total. The minimum Gasteiger partial charge on any atom is -0.336 e. The van der Waals surface area contributed by atoms with E-state index in [2.05, 4.69) is 24.9 Å². The van der Waals surface area contributed by atoms with Gasteiger partial charge in [0.05, 0.1) is 12.0 Å². The van der Waals surface area contributed by atoms with Crippen LogP contribution in [0.1, 0.15) is 25.2 Å². The molecule has 0 spiro atoms. The van der Waals surface area contributed by atoms with Crippen molar-refractivity contribution in [1.82, 2.24) is 9.55 Å². The minimum absolute atomic E-state index is 0.561. The van der Waals surface area contributed by atoms with Gasteiger partial charge < -0.3 is 4.57 Å². The van der Waals surface area contributed by atoms with Gasteiger partial charge in [0.2, 0.25) is 0 Å². The molecule has 1 aromatic heterocycles. The van der Waals surface area contributed by atoms with E-state index in [1.165, 1.54) is 0 Å². The van der Waals surface area contributed by atoms with Crippen molar-refractivity contribution in [2.24, 2.45) is 13.0 Å². The number of imidazole rings is 1. The molecule has 0 radical (unpaired) electrons. The summed E-state index contributed by atoms with van der Waals surface area (Å²) < 4.78 is 1.92. The number of nitrogens with zero attached hydrogens (tertiary/aromatic N) is 3. The van der Waals surface area contributed by atoms with Crippen molar-refractivity contribution in [1.29, 1.82) is 5.26 Å². The quantitative estimate of drug-likeness (QED) is 0.662. The van der Waals surface area contributed by atoms with Gasteiger partial charge in [0.15, 0.2) is 5.69 Å². The summed E-state index contributed by atoms with van der Waals surface area (Å²) in [6.45, 7) is 4.27. The monoisotopic (exact) mass is 163 g/mol. The minimum atomic E-state index is 0.561. The SMILES string of the molecule is CC(C)Cc1c(C#N)ncn1C. The van der Waals surface area contributed by atoms with Gasteiger partial charge in [-0.1, -0.05) is 13.8 Å². The number of aromatic nitrogens is 2. The Labute approximate surface area is 72.7 Å². The second-order valence-corrected chi connectivity index (χ2v) is 3.36. The first-order valence-corrected chi connectivity index (χ1v) is 4.05. The average molecular weight is 163 g/mol. The lowest BCUT2D eigenvalue weighted by Crippen LogP contribution is -2.02. The lowest BCUT2D eigenvalue weighted by Gasteiger charge is -2.04. The maximum atomic E-state index is 8.72. The molecule has 0 aliphatic rings. The van der Waals surface area contributed by atoms with Crippen molar-refractivity contribution in [2.75, 3.05) is 0 Å². The van der Waals surface area contributed by atoms with E-state index in [0.717, 1.165) is 12.1 Å². The van der Waals surface area contributed by atoms with Crippen LogP contribution in [0.4, 0.5) is 0 Å². The lowest BCUT2D eigenvalue weighted by molar-refractivity contribution is 0.615. The normalized spacial score (nSPS) is 10.2. The second kappa shape index (κ2) is 3.40. The smallest absolute Gasteiger partial charge is 0.161 e. The molecule has 0 aliphatic heterocycles. The van der Waals surface area contributed by atoms with E-state index in [-0.39, 0.29) is 0 Å². The zero-order valence-electron chi connectivity index (χ0n) is 7.70. The first kappa shape index (κ1) is 8.79. The van der Waals surface area contributed by atoms with Gasteiger partial charge in [-0.3, -0.25) is 0 Å². The molecule has 0 fully saturated rings. The van der Waals surface area contributed by atoms with Crippen molar-refractivity contribution in [3.8, 4) is 6.07 Å². The van der Waals surface area contributed by atoms with Crippen LogP contribution in [0.5, 0.6) is 0 Å². The maximum absolute atomic E-state index is 8.72. The standard InChI is InChI=1S/C9H13N3/c1-7(2)4-9-8(5-10)11-6-12(9)3/h6-7H,4H2,1-3H3. The molecule has 1 heterocycles. The highest BCUT2D eigenvalue weighted by Gasteiger charge is 2.08. The number of hydrogen-bond acceptors (Lipinski definition) is 2. The van der Waals surface area contributed by atoms with Crippen LogP contribution in [0.15, 0.2) is 6.33 Å². The molecule has 64 valence electrons. The number of hydrogen-bond donors (Lipinski definition) is 0. The van der Waals surface area contributed by atoms with Crippen LogP contribution >= 0.6 is 0 Å². The Morgan fingerprint density at radius 1 is 1.67 bits per heavy atom. The van der Waals surface area contributed by atoms with Crippen LogP contribution in [0.3, 0.4) is 0 Å². The van der Waals surface area contributed by atoms with E-state index in [0.29, 0.717) is 11.6 Å².